The zero-order valence-electron chi connectivity index (χ0n) is 15.5. The fourth-order valence-electron chi connectivity index (χ4n) is 3.06. The van der Waals surface area contributed by atoms with Crippen LogP contribution in [0.4, 0.5) is 15.9 Å². The Morgan fingerprint density at radius 3 is 2.48 bits per heavy atom. The van der Waals surface area contributed by atoms with Crippen molar-refractivity contribution in [2.75, 3.05) is 35.9 Å². The number of ether oxygens (including phenoxy) is 1. The van der Waals surface area contributed by atoms with Gasteiger partial charge in [0.1, 0.15) is 10.7 Å². The van der Waals surface area contributed by atoms with Gasteiger partial charge in [-0.05, 0) is 36.4 Å². The highest BCUT2D eigenvalue weighted by atomic mass is 32.2. The summed E-state index contributed by atoms with van der Waals surface area (Å²) in [6, 6.07) is 15.7. The van der Waals surface area contributed by atoms with E-state index in [4.69, 9.17) is 4.74 Å². The molecule has 3 aromatic rings. The van der Waals surface area contributed by atoms with Crippen LogP contribution in [-0.2, 0) is 14.8 Å². The van der Waals surface area contributed by atoms with E-state index in [9.17, 15) is 12.8 Å². The van der Waals surface area contributed by atoms with Gasteiger partial charge in [0.05, 0.1) is 18.9 Å². The van der Waals surface area contributed by atoms with Gasteiger partial charge in [-0.2, -0.15) is 0 Å². The van der Waals surface area contributed by atoms with Crippen molar-refractivity contribution in [3.8, 4) is 11.3 Å². The Balaban J connectivity index is 1.55. The average molecular weight is 414 g/mol. The lowest BCUT2D eigenvalue weighted by atomic mass is 10.1. The summed E-state index contributed by atoms with van der Waals surface area (Å²) in [5.74, 6) is -0.0332. The molecule has 0 saturated carbocycles. The van der Waals surface area contributed by atoms with Crippen LogP contribution < -0.4 is 9.62 Å². The van der Waals surface area contributed by atoms with Gasteiger partial charge in [0.15, 0.2) is 5.82 Å². The maximum absolute atomic E-state index is 13.9. The number of sulfonamides is 1. The number of anilines is 2. The van der Waals surface area contributed by atoms with Gasteiger partial charge in [-0.25, -0.2) is 12.8 Å². The smallest absolute Gasteiger partial charge is 0.264 e. The molecule has 9 heteroatoms. The molecule has 1 aliphatic rings. The first kappa shape index (κ1) is 19.3. The van der Waals surface area contributed by atoms with Crippen molar-refractivity contribution in [2.45, 2.75) is 4.90 Å². The fourth-order valence-corrected chi connectivity index (χ4v) is 4.18. The van der Waals surface area contributed by atoms with E-state index < -0.39 is 20.7 Å². The van der Waals surface area contributed by atoms with Crippen molar-refractivity contribution < 1.29 is 17.5 Å². The Bertz CT molecular complexity index is 1100. The Kier molecular flexibility index (Phi) is 5.41. The van der Waals surface area contributed by atoms with E-state index in [-0.39, 0.29) is 0 Å². The lowest BCUT2D eigenvalue weighted by Crippen LogP contribution is -2.36. The summed E-state index contributed by atoms with van der Waals surface area (Å²) in [5, 5.41) is 8.54. The Morgan fingerprint density at radius 1 is 0.966 bits per heavy atom. The maximum Gasteiger partial charge on any atom is 0.264 e. The molecule has 0 bridgehead atoms. The summed E-state index contributed by atoms with van der Waals surface area (Å²) in [4.78, 5) is 1.69. The van der Waals surface area contributed by atoms with Gasteiger partial charge in [-0.3, -0.25) is 4.72 Å². The van der Waals surface area contributed by atoms with E-state index in [0.29, 0.717) is 30.2 Å². The van der Waals surface area contributed by atoms with Crippen LogP contribution in [0.2, 0.25) is 0 Å². The molecule has 4 rings (SSSR count). The molecule has 1 aromatic heterocycles. The first-order valence-corrected chi connectivity index (χ1v) is 10.6. The first-order chi connectivity index (χ1) is 14.0. The van der Waals surface area contributed by atoms with Gasteiger partial charge >= 0.3 is 0 Å². The molecule has 1 fully saturated rings. The number of aromatic nitrogens is 2. The quantitative estimate of drug-likeness (QED) is 0.691. The van der Waals surface area contributed by atoms with E-state index in [1.165, 1.54) is 18.2 Å². The van der Waals surface area contributed by atoms with Crippen molar-refractivity contribution in [1.29, 1.82) is 0 Å². The second-order valence-corrected chi connectivity index (χ2v) is 8.14. The molecular formula is C20H19FN4O3S. The van der Waals surface area contributed by atoms with Crippen molar-refractivity contribution in [3.05, 3.63) is 66.5 Å². The second kappa shape index (κ2) is 8.14. The van der Waals surface area contributed by atoms with E-state index in [2.05, 4.69) is 19.8 Å². The Morgan fingerprint density at radius 2 is 1.76 bits per heavy atom. The molecule has 1 aliphatic heterocycles. The lowest BCUT2D eigenvalue weighted by Gasteiger charge is -2.27. The maximum atomic E-state index is 13.9. The highest BCUT2D eigenvalue weighted by Crippen LogP contribution is 2.24. The first-order valence-electron chi connectivity index (χ1n) is 9.07. The SMILES string of the molecule is O=S(=O)(Nc1cccc(-c2ccc(N3CCOCC3)nn2)c1)c1ccccc1F. The topological polar surface area (TPSA) is 84.4 Å². The Labute approximate surface area is 168 Å². The minimum Gasteiger partial charge on any atom is -0.378 e. The molecular weight excluding hydrogens is 395 g/mol. The number of rotatable bonds is 5. The van der Waals surface area contributed by atoms with Crippen molar-refractivity contribution in [1.82, 2.24) is 10.2 Å². The second-order valence-electron chi connectivity index (χ2n) is 6.49. The van der Waals surface area contributed by atoms with Crippen LogP contribution in [0.1, 0.15) is 0 Å². The van der Waals surface area contributed by atoms with Crippen molar-refractivity contribution >= 4 is 21.5 Å². The molecule has 0 atom stereocenters. The molecule has 2 aromatic carbocycles. The molecule has 150 valence electrons. The standard InChI is InChI=1S/C20H19FN4O3S/c21-17-6-1-2-7-19(17)29(26,27)24-16-5-3-4-15(14-16)18-8-9-20(23-22-18)25-10-12-28-13-11-25/h1-9,14,24H,10-13H2. The zero-order chi connectivity index (χ0) is 20.3. The summed E-state index contributed by atoms with van der Waals surface area (Å²) in [6.45, 7) is 2.85. The molecule has 29 heavy (non-hydrogen) atoms. The zero-order valence-corrected chi connectivity index (χ0v) is 16.3. The lowest BCUT2D eigenvalue weighted by molar-refractivity contribution is 0.122. The number of morpholine rings is 1. The summed E-state index contributed by atoms with van der Waals surface area (Å²) >= 11 is 0. The molecule has 2 heterocycles. The molecule has 0 amide bonds. The van der Waals surface area contributed by atoms with Crippen LogP contribution in [0.3, 0.4) is 0 Å². The average Bonchev–Trinajstić information content (AvgIpc) is 2.74. The molecule has 1 saturated heterocycles. The third kappa shape index (κ3) is 4.36. The number of benzene rings is 2. The predicted molar refractivity (Wildman–Crippen MR) is 108 cm³/mol. The summed E-state index contributed by atoms with van der Waals surface area (Å²) in [7, 11) is -4.04. The van der Waals surface area contributed by atoms with E-state index in [1.807, 2.05) is 12.1 Å². The van der Waals surface area contributed by atoms with Crippen LogP contribution in [0, 0.1) is 5.82 Å². The van der Waals surface area contributed by atoms with Crippen molar-refractivity contribution in [3.63, 3.8) is 0 Å². The van der Waals surface area contributed by atoms with Gasteiger partial charge in [0, 0.05) is 24.3 Å². The minimum atomic E-state index is -4.04. The van der Waals surface area contributed by atoms with E-state index in [1.54, 1.807) is 24.3 Å². The van der Waals surface area contributed by atoms with Gasteiger partial charge in [0.25, 0.3) is 10.0 Å². The monoisotopic (exact) mass is 414 g/mol. The predicted octanol–water partition coefficient (Wildman–Crippen LogP) is 2.92. The number of hydrogen-bond acceptors (Lipinski definition) is 6. The highest BCUT2D eigenvalue weighted by molar-refractivity contribution is 7.92. The third-order valence-electron chi connectivity index (χ3n) is 4.52. The molecule has 0 radical (unpaired) electrons. The van der Waals surface area contributed by atoms with Crippen molar-refractivity contribution in [2.24, 2.45) is 0 Å². The summed E-state index contributed by atoms with van der Waals surface area (Å²) in [6.07, 6.45) is 0. The molecule has 0 aliphatic carbocycles. The van der Waals surface area contributed by atoms with Gasteiger partial charge in [0.2, 0.25) is 0 Å². The van der Waals surface area contributed by atoms with Gasteiger partial charge in [-0.1, -0.05) is 24.3 Å². The van der Waals surface area contributed by atoms with Crippen LogP contribution in [0.25, 0.3) is 11.3 Å². The van der Waals surface area contributed by atoms with Crippen LogP contribution in [0.15, 0.2) is 65.6 Å². The van der Waals surface area contributed by atoms with Gasteiger partial charge in [-0.15, -0.1) is 10.2 Å². The van der Waals surface area contributed by atoms with E-state index in [0.717, 1.165) is 25.0 Å². The number of nitrogens with zero attached hydrogens (tertiary/aromatic N) is 3. The minimum absolute atomic E-state index is 0.310. The fraction of sp³-hybridized carbons (Fsp3) is 0.200. The Hall–Kier alpha value is -3.04. The van der Waals surface area contributed by atoms with Crippen LogP contribution in [-0.4, -0.2) is 44.9 Å². The molecule has 0 unspecified atom stereocenters. The summed E-state index contributed by atoms with van der Waals surface area (Å²) < 4.78 is 46.6. The van der Waals surface area contributed by atoms with Crippen LogP contribution >= 0.6 is 0 Å². The molecule has 1 N–H and O–H groups in total. The number of nitrogens with one attached hydrogen (secondary N) is 1. The largest absolute Gasteiger partial charge is 0.378 e. The molecule has 0 spiro atoms. The third-order valence-corrected chi connectivity index (χ3v) is 5.94. The van der Waals surface area contributed by atoms with E-state index >= 15 is 0 Å². The highest BCUT2D eigenvalue weighted by Gasteiger charge is 2.19. The number of halogens is 1. The summed E-state index contributed by atoms with van der Waals surface area (Å²) in [5.41, 5.74) is 1.61. The normalized spacial score (nSPS) is 14.6. The van der Waals surface area contributed by atoms with Gasteiger partial charge < -0.3 is 9.64 Å². The molecule has 7 nitrogen and oxygen atoms in total. The van der Waals surface area contributed by atoms with Crippen LogP contribution in [0.5, 0.6) is 0 Å². The number of hydrogen-bond donors (Lipinski definition) is 1.